The molecule has 0 spiro atoms. The molecule has 1 aliphatic heterocycles. The Hall–Kier alpha value is -1.56. The highest BCUT2D eigenvalue weighted by Gasteiger charge is 2.59. The average Bonchev–Trinajstić information content (AvgIpc) is 3.22. The molecule has 3 atom stereocenters. The molecule has 2 heterocycles. The zero-order valence-electron chi connectivity index (χ0n) is 16.2. The molecule has 3 rings (SSSR count). The van der Waals surface area contributed by atoms with Crippen LogP contribution in [0.4, 0.5) is 0 Å². The molecule has 2 aliphatic rings. The Kier molecular flexibility index (Phi) is 5.37. The number of hydrogen-bond donors (Lipinski definition) is 2. The normalized spacial score (nSPS) is 27.7. The van der Waals surface area contributed by atoms with Gasteiger partial charge in [0.1, 0.15) is 5.76 Å². The van der Waals surface area contributed by atoms with E-state index in [1.54, 1.807) is 0 Å². The minimum Gasteiger partial charge on any atom is -0.377 e. The van der Waals surface area contributed by atoms with Crippen LogP contribution in [0.1, 0.15) is 58.1 Å². The Balaban J connectivity index is 1.73. The summed E-state index contributed by atoms with van der Waals surface area (Å²) < 4.78 is 11.4. The molecule has 6 nitrogen and oxygen atoms in total. The first kappa shape index (κ1) is 18.2. The first-order valence-corrected chi connectivity index (χ1v) is 9.65. The van der Waals surface area contributed by atoms with E-state index in [-0.39, 0.29) is 5.41 Å². The summed E-state index contributed by atoms with van der Waals surface area (Å²) in [6.45, 7) is 13.2. The van der Waals surface area contributed by atoms with Crippen molar-refractivity contribution in [2.24, 2.45) is 16.3 Å². The van der Waals surface area contributed by atoms with Gasteiger partial charge in [-0.1, -0.05) is 32.9 Å². The molecule has 3 unspecified atom stereocenters. The number of guanidine groups is 1. The number of aryl methyl sites for hydroxylation is 2. The number of aliphatic imine (C=N–C) groups is 1. The minimum atomic E-state index is 0.137. The van der Waals surface area contributed by atoms with Crippen molar-refractivity contribution in [3.05, 3.63) is 17.0 Å². The standard InChI is InChI=1S/C19H32N4O2/c1-6-14-13(15(7-2)25-23-14)11-21-18(20-8-3)22-16-12-9-10-24-17(12)19(16,4)5/h12,16-17H,6-11H2,1-5H3,(H2,20,21,22). The van der Waals surface area contributed by atoms with E-state index in [1.165, 1.54) is 0 Å². The number of nitrogens with one attached hydrogen (secondary N) is 2. The molecule has 1 saturated heterocycles. The average molecular weight is 348 g/mol. The number of nitrogens with zero attached hydrogens (tertiary/aromatic N) is 2. The molecule has 1 aliphatic carbocycles. The van der Waals surface area contributed by atoms with Gasteiger partial charge in [0, 0.05) is 42.5 Å². The second kappa shape index (κ2) is 7.36. The molecule has 6 heteroatoms. The summed E-state index contributed by atoms with van der Waals surface area (Å²) in [7, 11) is 0. The van der Waals surface area contributed by atoms with Crippen LogP contribution in [0, 0.1) is 11.3 Å². The molecule has 0 amide bonds. The summed E-state index contributed by atoms with van der Waals surface area (Å²) in [6.07, 6.45) is 3.23. The molecular formula is C19H32N4O2. The summed E-state index contributed by atoms with van der Waals surface area (Å²) in [4.78, 5) is 4.83. The molecule has 1 saturated carbocycles. The number of rotatable bonds is 6. The maximum Gasteiger partial charge on any atom is 0.191 e. The van der Waals surface area contributed by atoms with Crippen molar-refractivity contribution in [3.8, 4) is 0 Å². The van der Waals surface area contributed by atoms with Gasteiger partial charge in [-0.15, -0.1) is 0 Å². The first-order valence-electron chi connectivity index (χ1n) is 9.65. The third-order valence-electron chi connectivity index (χ3n) is 5.74. The fraction of sp³-hybridized carbons (Fsp3) is 0.789. The highest BCUT2D eigenvalue weighted by Crippen LogP contribution is 2.52. The van der Waals surface area contributed by atoms with Crippen LogP contribution >= 0.6 is 0 Å². The Labute approximate surface area is 150 Å². The Morgan fingerprint density at radius 2 is 2.08 bits per heavy atom. The van der Waals surface area contributed by atoms with Crippen LogP contribution in [0.15, 0.2) is 9.52 Å². The van der Waals surface area contributed by atoms with Crippen LogP contribution < -0.4 is 10.6 Å². The van der Waals surface area contributed by atoms with Gasteiger partial charge in [0.25, 0.3) is 0 Å². The fourth-order valence-corrected chi connectivity index (χ4v) is 4.36. The van der Waals surface area contributed by atoms with E-state index >= 15 is 0 Å². The summed E-state index contributed by atoms with van der Waals surface area (Å²) in [5.41, 5.74) is 2.29. The van der Waals surface area contributed by atoms with E-state index < -0.39 is 0 Å². The third-order valence-corrected chi connectivity index (χ3v) is 5.74. The summed E-state index contributed by atoms with van der Waals surface area (Å²) in [6, 6.07) is 0.400. The second-order valence-electron chi connectivity index (χ2n) is 7.62. The lowest BCUT2D eigenvalue weighted by atomic mass is 9.57. The molecule has 140 valence electrons. The molecule has 1 aromatic heterocycles. The largest absolute Gasteiger partial charge is 0.377 e. The lowest BCUT2D eigenvalue weighted by Gasteiger charge is -2.54. The monoisotopic (exact) mass is 348 g/mol. The van der Waals surface area contributed by atoms with E-state index in [0.717, 1.165) is 55.4 Å². The zero-order chi connectivity index (χ0) is 18.0. The van der Waals surface area contributed by atoms with Gasteiger partial charge in [0.2, 0.25) is 0 Å². The van der Waals surface area contributed by atoms with Crippen molar-refractivity contribution < 1.29 is 9.26 Å². The quantitative estimate of drug-likeness (QED) is 0.611. The summed E-state index contributed by atoms with van der Waals surface area (Å²) in [5.74, 6) is 2.41. The van der Waals surface area contributed by atoms with Gasteiger partial charge in [0.05, 0.1) is 18.3 Å². The zero-order valence-corrected chi connectivity index (χ0v) is 16.2. The highest BCUT2D eigenvalue weighted by molar-refractivity contribution is 5.80. The first-order chi connectivity index (χ1) is 12.0. The lowest BCUT2D eigenvalue weighted by molar-refractivity contribution is -0.106. The summed E-state index contributed by atoms with van der Waals surface area (Å²) >= 11 is 0. The predicted molar refractivity (Wildman–Crippen MR) is 98.6 cm³/mol. The fourth-order valence-electron chi connectivity index (χ4n) is 4.36. The van der Waals surface area contributed by atoms with Crippen molar-refractivity contribution in [1.29, 1.82) is 0 Å². The highest BCUT2D eigenvalue weighted by atomic mass is 16.5. The second-order valence-corrected chi connectivity index (χ2v) is 7.62. The van der Waals surface area contributed by atoms with Gasteiger partial charge in [-0.25, -0.2) is 4.99 Å². The molecular weight excluding hydrogens is 316 g/mol. The van der Waals surface area contributed by atoms with Gasteiger partial charge in [0.15, 0.2) is 5.96 Å². The van der Waals surface area contributed by atoms with Crippen LogP contribution in [0.5, 0.6) is 0 Å². The van der Waals surface area contributed by atoms with Crippen molar-refractivity contribution in [1.82, 2.24) is 15.8 Å². The predicted octanol–water partition coefficient (Wildman–Crippen LogP) is 2.67. The van der Waals surface area contributed by atoms with Gasteiger partial charge in [-0.3, -0.25) is 0 Å². The Bertz CT molecular complexity index is 601. The molecule has 0 radical (unpaired) electrons. The molecule has 2 fully saturated rings. The van der Waals surface area contributed by atoms with E-state index in [2.05, 4.69) is 50.4 Å². The maximum absolute atomic E-state index is 5.90. The van der Waals surface area contributed by atoms with Crippen LogP contribution in [-0.4, -0.2) is 36.4 Å². The van der Waals surface area contributed by atoms with Crippen molar-refractivity contribution in [2.45, 2.75) is 72.6 Å². The number of fused-ring (bicyclic) bond motifs is 1. The lowest BCUT2D eigenvalue weighted by Crippen LogP contribution is -2.67. The van der Waals surface area contributed by atoms with Gasteiger partial charge < -0.3 is 19.9 Å². The third kappa shape index (κ3) is 3.28. The number of aromatic nitrogens is 1. The topological polar surface area (TPSA) is 71.7 Å². The van der Waals surface area contributed by atoms with Crippen LogP contribution in [-0.2, 0) is 24.1 Å². The smallest absolute Gasteiger partial charge is 0.191 e. The molecule has 25 heavy (non-hydrogen) atoms. The van der Waals surface area contributed by atoms with Crippen LogP contribution in [0.3, 0.4) is 0 Å². The van der Waals surface area contributed by atoms with E-state index in [0.29, 0.717) is 24.6 Å². The number of ether oxygens (including phenoxy) is 1. The van der Waals surface area contributed by atoms with E-state index in [1.807, 2.05) is 0 Å². The van der Waals surface area contributed by atoms with Crippen molar-refractivity contribution in [3.63, 3.8) is 0 Å². The van der Waals surface area contributed by atoms with Gasteiger partial charge >= 0.3 is 0 Å². The molecule has 1 aromatic rings. The maximum atomic E-state index is 5.90. The minimum absolute atomic E-state index is 0.137. The van der Waals surface area contributed by atoms with Crippen molar-refractivity contribution >= 4 is 5.96 Å². The van der Waals surface area contributed by atoms with Crippen LogP contribution in [0.2, 0.25) is 0 Å². The Morgan fingerprint density at radius 3 is 2.76 bits per heavy atom. The summed E-state index contributed by atoms with van der Waals surface area (Å²) in [5, 5.41) is 11.2. The van der Waals surface area contributed by atoms with Crippen LogP contribution in [0.25, 0.3) is 0 Å². The molecule has 0 bridgehead atoms. The van der Waals surface area contributed by atoms with Gasteiger partial charge in [-0.05, 0) is 19.8 Å². The van der Waals surface area contributed by atoms with Crippen molar-refractivity contribution in [2.75, 3.05) is 13.2 Å². The molecule has 2 N–H and O–H groups in total. The molecule has 0 aromatic carbocycles. The number of hydrogen-bond acceptors (Lipinski definition) is 4. The Morgan fingerprint density at radius 1 is 1.28 bits per heavy atom. The SMILES string of the molecule is CCNC(=NCc1c(CC)noc1CC)NC1C2CCOC2C1(C)C. The van der Waals surface area contributed by atoms with E-state index in [9.17, 15) is 0 Å². The van der Waals surface area contributed by atoms with E-state index in [4.69, 9.17) is 14.3 Å². The van der Waals surface area contributed by atoms with Gasteiger partial charge in [-0.2, -0.15) is 0 Å².